The predicted octanol–water partition coefficient (Wildman–Crippen LogP) is 2.18. The molecule has 1 N–H and O–H groups in total. The first-order valence-electron chi connectivity index (χ1n) is 8.82. The molecule has 2 unspecified atom stereocenters. The number of benzene rings is 1. The van der Waals surface area contributed by atoms with Gasteiger partial charge in [0.05, 0.1) is 11.4 Å². The molecule has 0 spiro atoms. The van der Waals surface area contributed by atoms with Crippen LogP contribution in [0.1, 0.15) is 11.3 Å². The molecule has 0 saturated carbocycles. The number of amides is 1. The van der Waals surface area contributed by atoms with Crippen LogP contribution in [-0.2, 0) is 18.4 Å². The van der Waals surface area contributed by atoms with Crippen LogP contribution in [0, 0.1) is 18.8 Å². The van der Waals surface area contributed by atoms with Crippen molar-refractivity contribution >= 4 is 6.09 Å². The maximum absolute atomic E-state index is 12.3. The SMILES string of the molecule is Cc1cccc(-c2cc(COC(=O)N3CC4CNCC4C3)n(C)n2)c1. The molecule has 132 valence electrons. The smallest absolute Gasteiger partial charge is 0.410 e. The molecule has 1 amide bonds. The van der Waals surface area contributed by atoms with E-state index in [1.165, 1.54) is 5.56 Å². The van der Waals surface area contributed by atoms with Crippen LogP contribution in [-0.4, -0.2) is 47.0 Å². The highest BCUT2D eigenvalue weighted by molar-refractivity contribution is 5.68. The summed E-state index contributed by atoms with van der Waals surface area (Å²) in [4.78, 5) is 14.2. The third-order valence-corrected chi connectivity index (χ3v) is 5.28. The van der Waals surface area contributed by atoms with Gasteiger partial charge < -0.3 is 15.0 Å². The van der Waals surface area contributed by atoms with E-state index in [1.807, 2.05) is 30.1 Å². The standard InChI is InChI=1S/C19H24N4O2/c1-13-4-3-5-14(6-13)18-7-17(22(2)21-18)12-25-19(24)23-10-15-8-20-9-16(15)11-23/h3-7,15-16,20H,8-12H2,1-2H3. The molecule has 2 aromatic rings. The van der Waals surface area contributed by atoms with Crippen LogP contribution >= 0.6 is 0 Å². The van der Waals surface area contributed by atoms with Crippen LogP contribution in [0.15, 0.2) is 30.3 Å². The fraction of sp³-hybridized carbons (Fsp3) is 0.474. The summed E-state index contributed by atoms with van der Waals surface area (Å²) in [6.45, 7) is 5.94. The monoisotopic (exact) mass is 340 g/mol. The summed E-state index contributed by atoms with van der Waals surface area (Å²) in [6.07, 6.45) is -0.215. The van der Waals surface area contributed by atoms with Crippen LogP contribution in [0.5, 0.6) is 0 Å². The summed E-state index contributed by atoms with van der Waals surface area (Å²) in [5.74, 6) is 1.16. The highest BCUT2D eigenvalue weighted by atomic mass is 16.6. The number of ether oxygens (including phenoxy) is 1. The molecule has 2 fully saturated rings. The lowest BCUT2D eigenvalue weighted by Crippen LogP contribution is -2.32. The largest absolute Gasteiger partial charge is 0.443 e. The van der Waals surface area contributed by atoms with E-state index < -0.39 is 0 Å². The fourth-order valence-corrected chi connectivity index (χ4v) is 3.82. The average Bonchev–Trinajstić information content (AvgIpc) is 3.27. The molecule has 2 atom stereocenters. The van der Waals surface area contributed by atoms with E-state index >= 15 is 0 Å². The molecular formula is C19H24N4O2. The molecule has 0 radical (unpaired) electrons. The van der Waals surface area contributed by atoms with Crippen molar-refractivity contribution in [2.75, 3.05) is 26.2 Å². The topological polar surface area (TPSA) is 59.4 Å². The maximum Gasteiger partial charge on any atom is 0.410 e. The quantitative estimate of drug-likeness (QED) is 0.930. The number of nitrogens with one attached hydrogen (secondary N) is 1. The van der Waals surface area contributed by atoms with Gasteiger partial charge in [-0.1, -0.05) is 23.8 Å². The second-order valence-corrected chi connectivity index (χ2v) is 7.15. The molecule has 3 heterocycles. The van der Waals surface area contributed by atoms with E-state index in [0.717, 1.165) is 43.1 Å². The van der Waals surface area contributed by atoms with Crippen LogP contribution < -0.4 is 5.32 Å². The van der Waals surface area contributed by atoms with Gasteiger partial charge in [0.2, 0.25) is 0 Å². The molecule has 1 aromatic carbocycles. The Hall–Kier alpha value is -2.34. The Morgan fingerprint density at radius 3 is 2.76 bits per heavy atom. The number of hydrogen-bond acceptors (Lipinski definition) is 4. The van der Waals surface area contributed by atoms with E-state index in [2.05, 4.69) is 29.5 Å². The highest BCUT2D eigenvalue weighted by Crippen LogP contribution is 2.27. The molecule has 6 nitrogen and oxygen atoms in total. The second-order valence-electron chi connectivity index (χ2n) is 7.15. The van der Waals surface area contributed by atoms with Crippen molar-refractivity contribution in [3.63, 3.8) is 0 Å². The van der Waals surface area contributed by atoms with Crippen molar-refractivity contribution < 1.29 is 9.53 Å². The Kier molecular flexibility index (Phi) is 4.21. The minimum Gasteiger partial charge on any atom is -0.443 e. The zero-order chi connectivity index (χ0) is 17.4. The normalized spacial score (nSPS) is 22.2. The molecule has 25 heavy (non-hydrogen) atoms. The molecular weight excluding hydrogens is 316 g/mol. The van der Waals surface area contributed by atoms with E-state index in [4.69, 9.17) is 4.74 Å². The molecule has 6 heteroatoms. The molecule has 0 aliphatic carbocycles. The number of aryl methyl sites for hydroxylation is 2. The van der Waals surface area contributed by atoms with Crippen molar-refractivity contribution in [1.29, 1.82) is 0 Å². The molecule has 1 aromatic heterocycles. The minimum absolute atomic E-state index is 0.215. The predicted molar refractivity (Wildman–Crippen MR) is 95.0 cm³/mol. The number of carbonyl (C=O) groups is 1. The number of likely N-dealkylation sites (tertiary alicyclic amines) is 1. The number of hydrogen-bond donors (Lipinski definition) is 1. The summed E-state index contributed by atoms with van der Waals surface area (Å²) in [7, 11) is 1.88. The van der Waals surface area contributed by atoms with E-state index in [0.29, 0.717) is 11.8 Å². The minimum atomic E-state index is -0.215. The van der Waals surface area contributed by atoms with Gasteiger partial charge in [-0.2, -0.15) is 5.10 Å². The van der Waals surface area contributed by atoms with Crippen LogP contribution in [0.2, 0.25) is 0 Å². The van der Waals surface area contributed by atoms with Gasteiger partial charge in [0.1, 0.15) is 6.61 Å². The van der Waals surface area contributed by atoms with Gasteiger partial charge in [-0.05, 0) is 30.9 Å². The zero-order valence-corrected chi connectivity index (χ0v) is 14.7. The van der Waals surface area contributed by atoms with Crippen molar-refractivity contribution in [2.24, 2.45) is 18.9 Å². The average molecular weight is 340 g/mol. The van der Waals surface area contributed by atoms with Gasteiger partial charge in [-0.15, -0.1) is 0 Å². The molecule has 2 aliphatic heterocycles. The third kappa shape index (κ3) is 3.26. The number of rotatable bonds is 3. The molecule has 2 aliphatic rings. The fourth-order valence-electron chi connectivity index (χ4n) is 3.82. The van der Waals surface area contributed by atoms with Gasteiger partial charge in [-0.3, -0.25) is 4.68 Å². The van der Waals surface area contributed by atoms with Crippen LogP contribution in [0.4, 0.5) is 4.79 Å². The van der Waals surface area contributed by atoms with Crippen molar-refractivity contribution in [3.8, 4) is 11.3 Å². The molecule has 2 saturated heterocycles. The first-order valence-corrected chi connectivity index (χ1v) is 8.82. The second kappa shape index (κ2) is 6.52. The summed E-state index contributed by atoms with van der Waals surface area (Å²) in [6, 6.07) is 10.2. The molecule has 0 bridgehead atoms. The van der Waals surface area contributed by atoms with Crippen molar-refractivity contribution in [2.45, 2.75) is 13.5 Å². The van der Waals surface area contributed by atoms with Gasteiger partial charge in [0.25, 0.3) is 0 Å². The number of carbonyl (C=O) groups excluding carboxylic acids is 1. The Morgan fingerprint density at radius 1 is 1.28 bits per heavy atom. The highest BCUT2D eigenvalue weighted by Gasteiger charge is 2.38. The van der Waals surface area contributed by atoms with Gasteiger partial charge in [0.15, 0.2) is 0 Å². The van der Waals surface area contributed by atoms with Crippen LogP contribution in [0.25, 0.3) is 11.3 Å². The number of aromatic nitrogens is 2. The van der Waals surface area contributed by atoms with Crippen molar-refractivity contribution in [1.82, 2.24) is 20.0 Å². The number of nitrogens with zero attached hydrogens (tertiary/aromatic N) is 3. The summed E-state index contributed by atoms with van der Waals surface area (Å²) in [5.41, 5.74) is 4.07. The van der Waals surface area contributed by atoms with E-state index in [1.54, 1.807) is 4.68 Å². The van der Waals surface area contributed by atoms with Crippen molar-refractivity contribution in [3.05, 3.63) is 41.6 Å². The van der Waals surface area contributed by atoms with Gasteiger partial charge in [-0.25, -0.2) is 4.79 Å². The van der Waals surface area contributed by atoms with Crippen LogP contribution in [0.3, 0.4) is 0 Å². The van der Waals surface area contributed by atoms with E-state index in [9.17, 15) is 4.79 Å². The summed E-state index contributed by atoms with van der Waals surface area (Å²) in [5, 5.41) is 7.93. The lowest BCUT2D eigenvalue weighted by molar-refractivity contribution is 0.0995. The van der Waals surface area contributed by atoms with Gasteiger partial charge >= 0.3 is 6.09 Å². The Balaban J connectivity index is 1.39. The zero-order valence-electron chi connectivity index (χ0n) is 14.7. The summed E-state index contributed by atoms with van der Waals surface area (Å²) < 4.78 is 7.32. The Morgan fingerprint density at radius 2 is 2.04 bits per heavy atom. The maximum atomic E-state index is 12.3. The first-order chi connectivity index (χ1) is 12.1. The van der Waals surface area contributed by atoms with Gasteiger partial charge in [0, 0.05) is 38.8 Å². The lowest BCUT2D eigenvalue weighted by Gasteiger charge is -2.17. The lowest BCUT2D eigenvalue weighted by atomic mass is 10.0. The number of fused-ring (bicyclic) bond motifs is 1. The molecule has 4 rings (SSSR count). The Labute approximate surface area is 147 Å². The first kappa shape index (κ1) is 16.1. The summed E-state index contributed by atoms with van der Waals surface area (Å²) >= 11 is 0. The Bertz CT molecular complexity index is 773. The van der Waals surface area contributed by atoms with E-state index in [-0.39, 0.29) is 12.7 Å². The third-order valence-electron chi connectivity index (χ3n) is 5.28.